The number of rotatable bonds is 5. The van der Waals surface area contributed by atoms with Gasteiger partial charge in [-0.3, -0.25) is 5.10 Å². The van der Waals surface area contributed by atoms with Crippen molar-refractivity contribution in [1.29, 1.82) is 0 Å². The van der Waals surface area contributed by atoms with Crippen LogP contribution in [0.1, 0.15) is 35.5 Å². The Bertz CT molecular complexity index is 615. The van der Waals surface area contributed by atoms with E-state index in [0.29, 0.717) is 6.61 Å². The maximum absolute atomic E-state index is 12.3. The van der Waals surface area contributed by atoms with Gasteiger partial charge < -0.3 is 10.1 Å². The fraction of sp³-hybridized carbons (Fsp3) is 0.375. The molecule has 1 aromatic carbocycles. The van der Waals surface area contributed by atoms with E-state index < -0.39 is 6.04 Å². The molecule has 0 aliphatic heterocycles. The quantitative estimate of drug-likeness (QED) is 0.829. The summed E-state index contributed by atoms with van der Waals surface area (Å²) in [6.45, 7) is 7.93. The summed E-state index contributed by atoms with van der Waals surface area (Å²) in [5.41, 5.74) is 4.50. The predicted molar refractivity (Wildman–Crippen MR) is 82.2 cm³/mol. The SMILES string of the molecule is CCOC(=O)C(Nc1ccccc1C)c1c(C)n[nH]c1C. The third-order valence-corrected chi connectivity index (χ3v) is 3.44. The summed E-state index contributed by atoms with van der Waals surface area (Å²) in [5.74, 6) is -0.298. The van der Waals surface area contributed by atoms with E-state index >= 15 is 0 Å². The maximum atomic E-state index is 12.3. The molecule has 2 rings (SSSR count). The summed E-state index contributed by atoms with van der Waals surface area (Å²) in [6.07, 6.45) is 0. The van der Waals surface area contributed by atoms with Crippen LogP contribution in [0.25, 0.3) is 0 Å². The Balaban J connectivity index is 2.38. The van der Waals surface area contributed by atoms with Crippen LogP contribution in [0.4, 0.5) is 5.69 Å². The number of H-pyrrole nitrogens is 1. The van der Waals surface area contributed by atoms with Crippen LogP contribution in [0, 0.1) is 20.8 Å². The number of ether oxygens (including phenoxy) is 1. The lowest BCUT2D eigenvalue weighted by Crippen LogP contribution is -2.24. The summed E-state index contributed by atoms with van der Waals surface area (Å²) in [7, 11) is 0. The highest BCUT2D eigenvalue weighted by Gasteiger charge is 2.27. The van der Waals surface area contributed by atoms with E-state index in [9.17, 15) is 4.79 Å². The molecule has 1 atom stereocenters. The number of benzene rings is 1. The monoisotopic (exact) mass is 287 g/mol. The van der Waals surface area contributed by atoms with Crippen molar-refractivity contribution in [2.75, 3.05) is 11.9 Å². The van der Waals surface area contributed by atoms with Crippen LogP contribution in [0.3, 0.4) is 0 Å². The molecule has 1 unspecified atom stereocenters. The molecule has 0 aliphatic rings. The number of anilines is 1. The molecule has 0 spiro atoms. The molecule has 2 aromatic rings. The highest BCUT2D eigenvalue weighted by Crippen LogP contribution is 2.27. The van der Waals surface area contributed by atoms with Crippen LogP contribution in [-0.2, 0) is 9.53 Å². The van der Waals surface area contributed by atoms with Crippen LogP contribution >= 0.6 is 0 Å². The first-order valence-corrected chi connectivity index (χ1v) is 7.04. The van der Waals surface area contributed by atoms with Gasteiger partial charge in [-0.2, -0.15) is 5.10 Å². The smallest absolute Gasteiger partial charge is 0.333 e. The first-order valence-electron chi connectivity index (χ1n) is 7.04. The van der Waals surface area contributed by atoms with Crippen molar-refractivity contribution >= 4 is 11.7 Å². The van der Waals surface area contributed by atoms with E-state index in [2.05, 4.69) is 15.5 Å². The molecule has 0 fully saturated rings. The van der Waals surface area contributed by atoms with E-state index in [1.807, 2.05) is 45.0 Å². The van der Waals surface area contributed by atoms with Crippen LogP contribution in [0.15, 0.2) is 24.3 Å². The Hall–Kier alpha value is -2.30. The van der Waals surface area contributed by atoms with E-state index in [1.54, 1.807) is 6.92 Å². The molecule has 0 amide bonds. The second-order valence-corrected chi connectivity index (χ2v) is 4.99. The minimum Gasteiger partial charge on any atom is -0.464 e. The molecule has 0 saturated heterocycles. The molecule has 0 saturated carbocycles. The first-order chi connectivity index (χ1) is 10.0. The van der Waals surface area contributed by atoms with Crippen molar-refractivity contribution in [2.45, 2.75) is 33.7 Å². The second kappa shape index (κ2) is 6.43. The van der Waals surface area contributed by atoms with Gasteiger partial charge in [0.15, 0.2) is 6.04 Å². The summed E-state index contributed by atoms with van der Waals surface area (Å²) < 4.78 is 5.21. The van der Waals surface area contributed by atoms with Crippen molar-refractivity contribution in [3.8, 4) is 0 Å². The molecule has 112 valence electrons. The Morgan fingerprint density at radius 1 is 1.33 bits per heavy atom. The first kappa shape index (κ1) is 15.1. The minimum absolute atomic E-state index is 0.298. The molecule has 21 heavy (non-hydrogen) atoms. The Morgan fingerprint density at radius 2 is 2.05 bits per heavy atom. The van der Waals surface area contributed by atoms with Crippen molar-refractivity contribution in [3.05, 3.63) is 46.8 Å². The van der Waals surface area contributed by atoms with E-state index in [-0.39, 0.29) is 5.97 Å². The van der Waals surface area contributed by atoms with E-state index in [4.69, 9.17) is 4.74 Å². The zero-order valence-corrected chi connectivity index (χ0v) is 12.9. The minimum atomic E-state index is -0.565. The van der Waals surface area contributed by atoms with Gasteiger partial charge in [0.1, 0.15) is 0 Å². The lowest BCUT2D eigenvalue weighted by Gasteiger charge is -2.20. The van der Waals surface area contributed by atoms with Crippen LogP contribution < -0.4 is 5.32 Å². The molecule has 1 aromatic heterocycles. The molecule has 2 N–H and O–H groups in total. The summed E-state index contributed by atoms with van der Waals surface area (Å²) in [4.78, 5) is 12.3. The largest absolute Gasteiger partial charge is 0.464 e. The highest BCUT2D eigenvalue weighted by atomic mass is 16.5. The molecular weight excluding hydrogens is 266 g/mol. The van der Waals surface area contributed by atoms with Gasteiger partial charge >= 0.3 is 5.97 Å². The second-order valence-electron chi connectivity index (χ2n) is 4.99. The average Bonchev–Trinajstić information content (AvgIpc) is 2.78. The number of para-hydroxylation sites is 1. The average molecular weight is 287 g/mol. The molecule has 5 nitrogen and oxygen atoms in total. The van der Waals surface area contributed by atoms with Crippen LogP contribution in [0.2, 0.25) is 0 Å². The maximum Gasteiger partial charge on any atom is 0.333 e. The number of aromatic nitrogens is 2. The lowest BCUT2D eigenvalue weighted by molar-refractivity contribution is -0.144. The highest BCUT2D eigenvalue weighted by molar-refractivity contribution is 5.82. The molecular formula is C16H21N3O2. The van der Waals surface area contributed by atoms with Gasteiger partial charge in [-0.05, 0) is 39.3 Å². The van der Waals surface area contributed by atoms with Gasteiger partial charge in [0.05, 0.1) is 12.3 Å². The van der Waals surface area contributed by atoms with Gasteiger partial charge in [0.2, 0.25) is 0 Å². The zero-order valence-electron chi connectivity index (χ0n) is 12.9. The summed E-state index contributed by atoms with van der Waals surface area (Å²) >= 11 is 0. The standard InChI is InChI=1S/C16H21N3O2/c1-5-21-16(20)15(14-11(3)18-19-12(14)4)17-13-9-7-6-8-10(13)2/h6-9,15,17H,5H2,1-4H3,(H,18,19). The zero-order chi connectivity index (χ0) is 15.4. The number of nitrogens with zero attached hydrogens (tertiary/aromatic N) is 1. The summed E-state index contributed by atoms with van der Waals surface area (Å²) in [6, 6.07) is 7.29. The number of nitrogens with one attached hydrogen (secondary N) is 2. The normalized spacial score (nSPS) is 12.0. The van der Waals surface area contributed by atoms with E-state index in [1.165, 1.54) is 0 Å². The van der Waals surface area contributed by atoms with Gasteiger partial charge in [-0.15, -0.1) is 0 Å². The Morgan fingerprint density at radius 3 is 2.62 bits per heavy atom. The van der Waals surface area contributed by atoms with Crippen LogP contribution in [-0.4, -0.2) is 22.8 Å². The molecule has 0 radical (unpaired) electrons. The third-order valence-electron chi connectivity index (χ3n) is 3.44. The summed E-state index contributed by atoms with van der Waals surface area (Å²) in [5, 5.41) is 10.4. The molecule has 0 aliphatic carbocycles. The Labute approximate surface area is 124 Å². The van der Waals surface area contributed by atoms with Gasteiger partial charge in [0, 0.05) is 16.9 Å². The predicted octanol–water partition coefficient (Wildman–Crippen LogP) is 3.05. The fourth-order valence-corrected chi connectivity index (χ4v) is 2.35. The molecule has 0 bridgehead atoms. The van der Waals surface area contributed by atoms with Crippen molar-refractivity contribution in [3.63, 3.8) is 0 Å². The number of aromatic amines is 1. The molecule has 5 heteroatoms. The number of aryl methyl sites for hydroxylation is 3. The lowest BCUT2D eigenvalue weighted by atomic mass is 10.0. The van der Waals surface area contributed by atoms with Gasteiger partial charge in [-0.1, -0.05) is 18.2 Å². The number of hydrogen-bond acceptors (Lipinski definition) is 4. The van der Waals surface area contributed by atoms with Gasteiger partial charge in [0.25, 0.3) is 0 Å². The number of esters is 1. The number of carbonyl (C=O) groups excluding carboxylic acids is 1. The molecule has 1 heterocycles. The van der Waals surface area contributed by atoms with Gasteiger partial charge in [-0.25, -0.2) is 4.79 Å². The number of carbonyl (C=O) groups is 1. The number of hydrogen-bond donors (Lipinski definition) is 2. The van der Waals surface area contributed by atoms with Crippen LogP contribution in [0.5, 0.6) is 0 Å². The van der Waals surface area contributed by atoms with Crippen molar-refractivity contribution < 1.29 is 9.53 Å². The van der Waals surface area contributed by atoms with Crippen molar-refractivity contribution in [1.82, 2.24) is 10.2 Å². The fourth-order valence-electron chi connectivity index (χ4n) is 2.35. The van der Waals surface area contributed by atoms with E-state index in [0.717, 1.165) is 28.2 Å². The van der Waals surface area contributed by atoms with Crippen molar-refractivity contribution in [2.24, 2.45) is 0 Å². The topological polar surface area (TPSA) is 67.0 Å². The third kappa shape index (κ3) is 3.24. The Kier molecular flexibility index (Phi) is 4.62.